The molecule has 1 radical (unpaired) electrons. The van der Waals surface area contributed by atoms with Crippen molar-refractivity contribution >= 4 is 13.4 Å². The molecule has 2 rings (SSSR count). The summed E-state index contributed by atoms with van der Waals surface area (Å²) in [6.45, 7) is 0. The summed E-state index contributed by atoms with van der Waals surface area (Å²) in [7, 11) is -4.01. The first kappa shape index (κ1) is 11.7. The van der Waals surface area contributed by atoms with E-state index in [1.54, 1.807) is 60.7 Å². The van der Waals surface area contributed by atoms with Gasteiger partial charge in [-0.2, -0.15) is 5.09 Å². The number of hydrogen-bond acceptors (Lipinski definition) is 2. The third-order valence-electron chi connectivity index (χ3n) is 1.97. The van der Waals surface area contributed by atoms with Gasteiger partial charge in [-0.05, 0) is 24.3 Å². The van der Waals surface area contributed by atoms with Gasteiger partial charge in [0, 0.05) is 0 Å². The minimum atomic E-state index is -4.01. The van der Waals surface area contributed by atoms with Gasteiger partial charge in [-0.3, -0.25) is 4.89 Å². The molecule has 4 nitrogen and oxygen atoms in total. The molecule has 87 valence electrons. The topological polar surface area (TPSA) is 60.6 Å². The molecule has 0 aliphatic carbocycles. The zero-order valence-electron chi connectivity index (χ0n) is 8.93. The zero-order valence-corrected chi connectivity index (χ0v) is 9.83. The van der Waals surface area contributed by atoms with E-state index in [4.69, 9.17) is 4.52 Å². The number of hydrogen-bond donors (Lipinski definition) is 1. The Morgan fingerprint density at radius 2 is 1.47 bits per heavy atom. The van der Waals surface area contributed by atoms with Crippen molar-refractivity contribution in [2.75, 3.05) is 0 Å². The Balaban J connectivity index is 2.07. The Morgan fingerprint density at radius 1 is 0.941 bits per heavy atom. The number of benzene rings is 2. The molecule has 1 atom stereocenters. The number of para-hydroxylation sites is 1. The van der Waals surface area contributed by atoms with Crippen LogP contribution in [0.25, 0.3) is 0 Å². The summed E-state index contributed by atoms with van der Waals surface area (Å²) in [6, 6.07) is 17.0. The molecule has 2 aromatic carbocycles. The smallest absolute Gasteiger partial charge is 0.408 e. The van der Waals surface area contributed by atoms with E-state index in [0.29, 0.717) is 11.4 Å². The normalized spacial score (nSPS) is 13.7. The van der Waals surface area contributed by atoms with Crippen molar-refractivity contribution < 1.29 is 14.0 Å². The van der Waals surface area contributed by atoms with Crippen LogP contribution in [-0.4, -0.2) is 4.89 Å². The molecule has 17 heavy (non-hydrogen) atoms. The van der Waals surface area contributed by atoms with Crippen LogP contribution in [0.2, 0.25) is 0 Å². The van der Waals surface area contributed by atoms with Crippen LogP contribution in [0, 0.1) is 0 Å². The number of rotatable bonds is 4. The fourth-order valence-electron chi connectivity index (χ4n) is 1.28. The van der Waals surface area contributed by atoms with E-state index in [-0.39, 0.29) is 0 Å². The molecule has 1 unspecified atom stereocenters. The van der Waals surface area contributed by atoms with E-state index in [0.717, 1.165) is 0 Å². The first-order valence-corrected chi connectivity index (χ1v) is 6.54. The summed E-state index contributed by atoms with van der Waals surface area (Å²) in [5.74, 6) is 0.318. The van der Waals surface area contributed by atoms with Gasteiger partial charge in [0.05, 0.1) is 5.69 Å². The second-order valence-electron chi connectivity index (χ2n) is 3.33. The van der Waals surface area contributed by atoms with Crippen molar-refractivity contribution in [3.8, 4) is 5.75 Å². The van der Waals surface area contributed by atoms with E-state index in [1.165, 1.54) is 0 Å². The Hall–Kier alpha value is -1.77. The van der Waals surface area contributed by atoms with Crippen LogP contribution in [0.1, 0.15) is 0 Å². The third-order valence-corrected chi connectivity index (χ3v) is 2.90. The van der Waals surface area contributed by atoms with Crippen molar-refractivity contribution in [3.05, 3.63) is 60.7 Å². The van der Waals surface area contributed by atoms with E-state index in [2.05, 4.69) is 5.09 Å². The maximum atomic E-state index is 11.7. The Bertz CT molecular complexity index is 470. The molecular formula is C12H11NO3P. The summed E-state index contributed by atoms with van der Waals surface area (Å²) >= 11 is 0. The van der Waals surface area contributed by atoms with Gasteiger partial charge in [0.25, 0.3) is 0 Å². The maximum absolute atomic E-state index is 11.7. The van der Waals surface area contributed by atoms with Gasteiger partial charge in [0.15, 0.2) is 0 Å². The van der Waals surface area contributed by atoms with Crippen LogP contribution < -0.4 is 9.61 Å². The zero-order chi connectivity index (χ0) is 12.1. The fraction of sp³-hybridized carbons (Fsp3) is 0. The molecule has 5 heteroatoms. The molecule has 0 spiro atoms. The second-order valence-corrected chi connectivity index (χ2v) is 4.69. The van der Waals surface area contributed by atoms with Gasteiger partial charge in [-0.25, -0.2) is 4.57 Å². The van der Waals surface area contributed by atoms with Gasteiger partial charge in [-0.15, -0.1) is 0 Å². The molecule has 0 saturated carbocycles. The molecule has 0 aromatic heterocycles. The van der Waals surface area contributed by atoms with Crippen molar-refractivity contribution in [1.82, 2.24) is 5.09 Å². The lowest BCUT2D eigenvalue weighted by molar-refractivity contribution is 0.371. The molecule has 0 aliphatic heterocycles. The summed E-state index contributed by atoms with van der Waals surface area (Å²) in [5.41, 5.74) is 0.411. The molecule has 0 amide bonds. The van der Waals surface area contributed by atoms with Gasteiger partial charge in [-0.1, -0.05) is 36.4 Å². The maximum Gasteiger partial charge on any atom is 0.505 e. The molecule has 1 N–H and O–H groups in total. The summed E-state index contributed by atoms with van der Waals surface area (Å²) in [5, 5.41) is 3.68. The molecule has 0 bridgehead atoms. The van der Waals surface area contributed by atoms with Crippen molar-refractivity contribution in [1.29, 1.82) is 0 Å². The van der Waals surface area contributed by atoms with Gasteiger partial charge < -0.3 is 4.52 Å². The fourth-order valence-corrected chi connectivity index (χ4v) is 2.14. The van der Waals surface area contributed by atoms with Gasteiger partial charge in [0.2, 0.25) is 0 Å². The first-order chi connectivity index (χ1) is 8.16. The summed E-state index contributed by atoms with van der Waals surface area (Å²) in [6.07, 6.45) is 0. The van der Waals surface area contributed by atoms with Crippen molar-refractivity contribution in [2.24, 2.45) is 0 Å². The monoisotopic (exact) mass is 248 g/mol. The quantitative estimate of drug-likeness (QED) is 0.845. The molecule has 0 fully saturated rings. The van der Waals surface area contributed by atoms with Crippen molar-refractivity contribution in [3.63, 3.8) is 0 Å². The Kier molecular flexibility index (Phi) is 3.47. The second kappa shape index (κ2) is 5.04. The van der Waals surface area contributed by atoms with Crippen LogP contribution in [0.15, 0.2) is 60.7 Å². The average molecular weight is 248 g/mol. The first-order valence-electron chi connectivity index (χ1n) is 5.01. The van der Waals surface area contributed by atoms with Crippen LogP contribution >= 0.6 is 7.75 Å². The Labute approximate surface area is 99.5 Å². The van der Waals surface area contributed by atoms with E-state index in [9.17, 15) is 9.46 Å². The highest BCUT2D eigenvalue weighted by atomic mass is 31.2. The van der Waals surface area contributed by atoms with Crippen LogP contribution in [0.3, 0.4) is 0 Å². The lowest BCUT2D eigenvalue weighted by atomic mass is 10.3. The minimum Gasteiger partial charge on any atom is -0.408 e. The van der Waals surface area contributed by atoms with Crippen LogP contribution in [-0.2, 0) is 4.57 Å². The largest absolute Gasteiger partial charge is 0.505 e. The third kappa shape index (κ3) is 3.63. The molecule has 0 heterocycles. The van der Waals surface area contributed by atoms with Gasteiger partial charge in [0.1, 0.15) is 5.75 Å². The highest BCUT2D eigenvalue weighted by Crippen LogP contribution is 2.42. The molecular weight excluding hydrogens is 237 g/mol. The SMILES string of the molecule is O=P(O)([N]c1ccccc1)Oc1ccccc1. The van der Waals surface area contributed by atoms with Gasteiger partial charge >= 0.3 is 7.75 Å². The van der Waals surface area contributed by atoms with E-state index >= 15 is 0 Å². The standard InChI is InChI=1S/C12H11NO3P/c14-17(15,13-11-7-3-1-4-8-11)16-12-9-5-2-6-10-12/h1-10H,(H,14,15). The predicted octanol–water partition coefficient (Wildman–Crippen LogP) is 3.10. The predicted molar refractivity (Wildman–Crippen MR) is 65.1 cm³/mol. The number of nitrogens with zero attached hydrogens (tertiary/aromatic N) is 1. The van der Waals surface area contributed by atoms with Crippen LogP contribution in [0.5, 0.6) is 5.75 Å². The molecule has 2 aromatic rings. The van der Waals surface area contributed by atoms with E-state index < -0.39 is 7.75 Å². The highest BCUT2D eigenvalue weighted by molar-refractivity contribution is 7.51. The highest BCUT2D eigenvalue weighted by Gasteiger charge is 2.23. The van der Waals surface area contributed by atoms with Crippen molar-refractivity contribution in [2.45, 2.75) is 0 Å². The summed E-state index contributed by atoms with van der Waals surface area (Å²) < 4.78 is 16.7. The van der Waals surface area contributed by atoms with E-state index in [1.807, 2.05) is 0 Å². The molecule has 0 saturated heterocycles. The lowest BCUT2D eigenvalue weighted by Gasteiger charge is -2.12. The summed E-state index contributed by atoms with van der Waals surface area (Å²) in [4.78, 5) is 9.59. The molecule has 0 aliphatic rings. The minimum absolute atomic E-state index is 0.318. The Morgan fingerprint density at radius 3 is 2.06 bits per heavy atom. The average Bonchev–Trinajstić information content (AvgIpc) is 2.30. The van der Waals surface area contributed by atoms with Crippen LogP contribution in [0.4, 0.5) is 5.69 Å². The lowest BCUT2D eigenvalue weighted by Crippen LogP contribution is -2.01.